The molecule has 0 saturated carbocycles. The van der Waals surface area contributed by atoms with Crippen molar-refractivity contribution in [1.82, 2.24) is 20.2 Å². The average Bonchev–Trinajstić information content (AvgIpc) is 3.00. The Morgan fingerprint density at radius 2 is 2.09 bits per heavy atom. The minimum absolute atomic E-state index is 0.0927. The van der Waals surface area contributed by atoms with Gasteiger partial charge in [-0.1, -0.05) is 18.6 Å². The van der Waals surface area contributed by atoms with E-state index in [1.54, 1.807) is 0 Å². The van der Waals surface area contributed by atoms with Crippen molar-refractivity contribution < 1.29 is 4.79 Å². The Kier molecular flexibility index (Phi) is 5.28. The molecule has 2 aromatic rings. The molecule has 23 heavy (non-hydrogen) atoms. The predicted molar refractivity (Wildman–Crippen MR) is 92.2 cm³/mol. The van der Waals surface area contributed by atoms with Crippen LogP contribution < -0.4 is 5.32 Å². The van der Waals surface area contributed by atoms with Crippen molar-refractivity contribution in [3.05, 3.63) is 30.1 Å². The molecule has 2 N–H and O–H groups in total. The molecule has 1 saturated heterocycles. The van der Waals surface area contributed by atoms with E-state index in [2.05, 4.69) is 20.2 Å². The van der Waals surface area contributed by atoms with Crippen molar-refractivity contribution in [1.29, 1.82) is 0 Å². The lowest BCUT2D eigenvalue weighted by Crippen LogP contribution is -2.32. The standard InChI is InChI=1S/C18H26N4O/c1-14(18-20-15-8-3-4-9-16(15)21-18)19-17(23)10-7-13-22-11-5-2-6-12-22/h3-4,8-9,14H,2,5-7,10-13H2,1H3,(H,19,23)(H,20,21)/t14-/m1/s1. The Balaban J connectivity index is 1.45. The fourth-order valence-electron chi connectivity index (χ4n) is 3.21. The summed E-state index contributed by atoms with van der Waals surface area (Å²) in [4.78, 5) is 22.4. The number of fused-ring (bicyclic) bond motifs is 1. The number of H-pyrrole nitrogens is 1. The van der Waals surface area contributed by atoms with E-state index in [4.69, 9.17) is 0 Å². The largest absolute Gasteiger partial charge is 0.346 e. The number of hydrogen-bond acceptors (Lipinski definition) is 3. The van der Waals surface area contributed by atoms with Crippen molar-refractivity contribution in [2.75, 3.05) is 19.6 Å². The maximum atomic E-state index is 12.1. The summed E-state index contributed by atoms with van der Waals surface area (Å²) in [5, 5.41) is 3.04. The van der Waals surface area contributed by atoms with Crippen LogP contribution in [0.25, 0.3) is 11.0 Å². The van der Waals surface area contributed by atoms with Crippen LogP contribution in [0.5, 0.6) is 0 Å². The molecule has 5 nitrogen and oxygen atoms in total. The second-order valence-electron chi connectivity index (χ2n) is 6.43. The zero-order chi connectivity index (χ0) is 16.1. The summed E-state index contributed by atoms with van der Waals surface area (Å²) < 4.78 is 0. The molecule has 1 aromatic carbocycles. The lowest BCUT2D eigenvalue weighted by Gasteiger charge is -2.26. The van der Waals surface area contributed by atoms with Gasteiger partial charge in [-0.2, -0.15) is 0 Å². The van der Waals surface area contributed by atoms with Crippen molar-refractivity contribution in [2.24, 2.45) is 0 Å². The second-order valence-corrected chi connectivity index (χ2v) is 6.43. The minimum atomic E-state index is -0.0927. The number of imidazole rings is 1. The summed E-state index contributed by atoms with van der Waals surface area (Å²) in [7, 11) is 0. The number of aromatic amines is 1. The average molecular weight is 314 g/mol. The molecule has 0 radical (unpaired) electrons. The first-order valence-electron chi connectivity index (χ1n) is 8.69. The number of rotatable bonds is 6. The number of para-hydroxylation sites is 2. The van der Waals surface area contributed by atoms with E-state index in [0.717, 1.165) is 29.8 Å². The first-order valence-corrected chi connectivity index (χ1v) is 8.69. The van der Waals surface area contributed by atoms with Crippen LogP contribution in [0, 0.1) is 0 Å². The molecule has 2 heterocycles. The first kappa shape index (κ1) is 16.0. The number of carbonyl (C=O) groups is 1. The molecular formula is C18H26N4O. The van der Waals surface area contributed by atoms with Crippen molar-refractivity contribution in [2.45, 2.75) is 45.1 Å². The highest BCUT2D eigenvalue weighted by Gasteiger charge is 2.14. The molecule has 124 valence electrons. The molecule has 5 heteroatoms. The third-order valence-electron chi connectivity index (χ3n) is 4.52. The molecular weight excluding hydrogens is 288 g/mol. The van der Waals surface area contributed by atoms with E-state index in [-0.39, 0.29) is 11.9 Å². The van der Waals surface area contributed by atoms with E-state index < -0.39 is 0 Å². The molecule has 1 fully saturated rings. The van der Waals surface area contributed by atoms with Gasteiger partial charge in [-0.15, -0.1) is 0 Å². The highest BCUT2D eigenvalue weighted by Crippen LogP contribution is 2.15. The van der Waals surface area contributed by atoms with Gasteiger partial charge < -0.3 is 15.2 Å². The third-order valence-corrected chi connectivity index (χ3v) is 4.52. The number of aromatic nitrogens is 2. The number of piperidine rings is 1. The van der Waals surface area contributed by atoms with Gasteiger partial charge in [0.15, 0.2) is 0 Å². The molecule has 0 unspecified atom stereocenters. The van der Waals surface area contributed by atoms with Crippen molar-refractivity contribution in [3.63, 3.8) is 0 Å². The lowest BCUT2D eigenvalue weighted by atomic mass is 10.1. The van der Waals surface area contributed by atoms with Gasteiger partial charge >= 0.3 is 0 Å². The Hall–Kier alpha value is -1.88. The normalized spacial score (nSPS) is 17.3. The van der Waals surface area contributed by atoms with E-state index in [1.807, 2.05) is 31.2 Å². The topological polar surface area (TPSA) is 61.0 Å². The van der Waals surface area contributed by atoms with Crippen molar-refractivity contribution in [3.8, 4) is 0 Å². The lowest BCUT2D eigenvalue weighted by molar-refractivity contribution is -0.121. The first-order chi connectivity index (χ1) is 11.2. The number of likely N-dealkylation sites (tertiary alicyclic amines) is 1. The van der Waals surface area contributed by atoms with Crippen LogP contribution in [0.1, 0.15) is 50.9 Å². The number of benzene rings is 1. The second kappa shape index (κ2) is 7.59. The summed E-state index contributed by atoms with van der Waals surface area (Å²) in [5.41, 5.74) is 1.95. The summed E-state index contributed by atoms with van der Waals surface area (Å²) >= 11 is 0. The predicted octanol–water partition coefficient (Wildman–Crippen LogP) is 3.01. The zero-order valence-corrected chi connectivity index (χ0v) is 13.8. The smallest absolute Gasteiger partial charge is 0.220 e. The van der Waals surface area contributed by atoms with Crippen molar-refractivity contribution >= 4 is 16.9 Å². The number of hydrogen-bond donors (Lipinski definition) is 2. The van der Waals surface area contributed by atoms with Gasteiger partial charge in [0, 0.05) is 6.42 Å². The summed E-state index contributed by atoms with van der Waals surface area (Å²) in [6.45, 7) is 5.39. The maximum absolute atomic E-state index is 12.1. The quantitative estimate of drug-likeness (QED) is 0.861. The number of carbonyl (C=O) groups excluding carboxylic acids is 1. The molecule has 0 spiro atoms. The van der Waals surface area contributed by atoms with E-state index in [9.17, 15) is 4.79 Å². The molecule has 1 aromatic heterocycles. The van der Waals surface area contributed by atoms with Crippen LogP contribution in [0.3, 0.4) is 0 Å². The van der Waals surface area contributed by atoms with Crippen LogP contribution in [0.15, 0.2) is 24.3 Å². The van der Waals surface area contributed by atoms with Gasteiger partial charge in [-0.05, 0) is 58.0 Å². The molecule has 1 aliphatic heterocycles. The molecule has 1 aliphatic rings. The fourth-order valence-corrected chi connectivity index (χ4v) is 3.21. The summed E-state index contributed by atoms with van der Waals surface area (Å²) in [5.74, 6) is 0.922. The molecule has 3 rings (SSSR count). The van der Waals surface area contributed by atoms with Gasteiger partial charge in [0.2, 0.25) is 5.91 Å². The van der Waals surface area contributed by atoms with Gasteiger partial charge in [0.1, 0.15) is 5.82 Å². The number of nitrogens with zero attached hydrogens (tertiary/aromatic N) is 2. The van der Waals surface area contributed by atoms with Gasteiger partial charge in [0.05, 0.1) is 17.1 Å². The molecule has 1 atom stereocenters. The molecule has 0 bridgehead atoms. The van der Waals surface area contributed by atoms with Crippen LogP contribution in [0.4, 0.5) is 0 Å². The summed E-state index contributed by atoms with van der Waals surface area (Å²) in [6, 6.07) is 7.83. The minimum Gasteiger partial charge on any atom is -0.346 e. The summed E-state index contributed by atoms with van der Waals surface area (Å²) in [6.07, 6.45) is 5.47. The van der Waals surface area contributed by atoms with Gasteiger partial charge in [-0.25, -0.2) is 4.98 Å². The van der Waals surface area contributed by atoms with E-state index >= 15 is 0 Å². The number of amides is 1. The van der Waals surface area contributed by atoms with E-state index in [1.165, 1.54) is 32.4 Å². The van der Waals surface area contributed by atoms with Crippen LogP contribution in [-0.4, -0.2) is 40.4 Å². The van der Waals surface area contributed by atoms with Crippen LogP contribution >= 0.6 is 0 Å². The Morgan fingerprint density at radius 3 is 2.87 bits per heavy atom. The highest BCUT2D eigenvalue weighted by atomic mass is 16.1. The number of nitrogens with one attached hydrogen (secondary N) is 2. The Bertz CT molecular complexity index is 612. The Labute approximate surface area is 137 Å². The SMILES string of the molecule is C[C@@H](NC(=O)CCCN1CCCCC1)c1nc2ccccc2[nH]1. The monoisotopic (exact) mass is 314 g/mol. The highest BCUT2D eigenvalue weighted by molar-refractivity contribution is 5.77. The fraction of sp³-hybridized carbons (Fsp3) is 0.556. The molecule has 1 amide bonds. The van der Waals surface area contributed by atoms with Gasteiger partial charge in [-0.3, -0.25) is 4.79 Å². The Morgan fingerprint density at radius 1 is 1.30 bits per heavy atom. The van der Waals surface area contributed by atoms with Crippen LogP contribution in [-0.2, 0) is 4.79 Å². The van der Waals surface area contributed by atoms with Gasteiger partial charge in [0.25, 0.3) is 0 Å². The third kappa shape index (κ3) is 4.32. The molecule has 0 aliphatic carbocycles. The zero-order valence-electron chi connectivity index (χ0n) is 13.8. The van der Waals surface area contributed by atoms with Crippen LogP contribution in [0.2, 0.25) is 0 Å². The van der Waals surface area contributed by atoms with E-state index in [0.29, 0.717) is 6.42 Å². The maximum Gasteiger partial charge on any atom is 0.220 e.